The van der Waals surface area contributed by atoms with E-state index in [9.17, 15) is 4.79 Å². The summed E-state index contributed by atoms with van der Waals surface area (Å²) in [5.74, 6) is -0.0296. The fourth-order valence-corrected chi connectivity index (χ4v) is 1.13. The van der Waals surface area contributed by atoms with Gasteiger partial charge in [-0.05, 0) is 18.9 Å². The van der Waals surface area contributed by atoms with Crippen molar-refractivity contribution in [2.24, 2.45) is 0 Å². The highest BCUT2D eigenvalue weighted by molar-refractivity contribution is 5.89. The lowest BCUT2D eigenvalue weighted by Crippen LogP contribution is -2.21. The quantitative estimate of drug-likeness (QED) is 0.310. The molecule has 0 saturated heterocycles. The van der Waals surface area contributed by atoms with Crippen LogP contribution in [0.1, 0.15) is 46.0 Å². The van der Waals surface area contributed by atoms with Gasteiger partial charge in [0, 0.05) is 13.2 Å². The van der Waals surface area contributed by atoms with E-state index in [0.717, 1.165) is 25.7 Å². The molecule has 0 unspecified atom stereocenters. The highest BCUT2D eigenvalue weighted by Crippen LogP contribution is 2.05. The van der Waals surface area contributed by atoms with Crippen LogP contribution >= 0.6 is 0 Å². The molecule has 0 aromatic carbocycles. The van der Waals surface area contributed by atoms with E-state index in [4.69, 9.17) is 9.47 Å². The van der Waals surface area contributed by atoms with E-state index in [1.165, 1.54) is 6.08 Å². The molecule has 0 spiro atoms. The molecule has 0 bridgehead atoms. The maximum atomic E-state index is 11.2. The van der Waals surface area contributed by atoms with Gasteiger partial charge < -0.3 is 9.47 Å². The zero-order valence-electron chi connectivity index (χ0n) is 10.5. The Bertz CT molecular complexity index is 180. The number of ether oxygens (including phenoxy) is 2. The number of hydrogen-bond acceptors (Lipinski definition) is 3. The van der Waals surface area contributed by atoms with E-state index < -0.39 is 6.29 Å². The van der Waals surface area contributed by atoms with Gasteiger partial charge >= 0.3 is 0 Å². The third-order valence-electron chi connectivity index (χ3n) is 2.20. The summed E-state index contributed by atoms with van der Waals surface area (Å²) in [4.78, 5) is 11.2. The monoisotopic (exact) mass is 228 g/mol. The van der Waals surface area contributed by atoms with Crippen LogP contribution in [-0.2, 0) is 14.3 Å². The van der Waals surface area contributed by atoms with Crippen LogP contribution in [0.3, 0.4) is 0 Å². The second-order valence-corrected chi connectivity index (χ2v) is 3.75. The van der Waals surface area contributed by atoms with Gasteiger partial charge in [0.25, 0.3) is 0 Å². The molecule has 0 aliphatic carbocycles. The lowest BCUT2D eigenvalue weighted by atomic mass is 10.2. The smallest absolute Gasteiger partial charge is 0.164 e. The summed E-state index contributed by atoms with van der Waals surface area (Å²) in [5, 5.41) is 0. The molecular formula is C13H24O3. The summed E-state index contributed by atoms with van der Waals surface area (Å²) in [6.07, 6.45) is 5.35. The summed E-state index contributed by atoms with van der Waals surface area (Å²) in [6, 6.07) is 0. The van der Waals surface area contributed by atoms with Gasteiger partial charge in [0.2, 0.25) is 0 Å². The summed E-state index contributed by atoms with van der Waals surface area (Å²) in [5.41, 5.74) is 0. The Hall–Kier alpha value is -0.670. The van der Waals surface area contributed by atoms with Crippen LogP contribution in [-0.4, -0.2) is 25.3 Å². The molecule has 0 aromatic heterocycles. The van der Waals surface area contributed by atoms with Crippen molar-refractivity contribution in [2.45, 2.75) is 52.2 Å². The molecule has 0 radical (unpaired) electrons. The number of ketones is 1. The molecule has 0 aliphatic heterocycles. The van der Waals surface area contributed by atoms with E-state index >= 15 is 0 Å². The van der Waals surface area contributed by atoms with Gasteiger partial charge in [0.05, 0.1) is 6.42 Å². The van der Waals surface area contributed by atoms with E-state index in [1.807, 2.05) is 0 Å². The predicted molar refractivity (Wildman–Crippen MR) is 65.3 cm³/mol. The van der Waals surface area contributed by atoms with Crippen LogP contribution in [0, 0.1) is 0 Å². The first-order valence-corrected chi connectivity index (χ1v) is 6.13. The minimum absolute atomic E-state index is 0.0296. The molecule has 0 fully saturated rings. The summed E-state index contributed by atoms with van der Waals surface area (Å²) < 4.78 is 11.0. The van der Waals surface area contributed by atoms with Gasteiger partial charge in [-0.15, -0.1) is 0 Å². The molecule has 0 amide bonds. The van der Waals surface area contributed by atoms with Crippen LogP contribution in [0.2, 0.25) is 0 Å². The molecule has 16 heavy (non-hydrogen) atoms. The molecule has 0 saturated carbocycles. The van der Waals surface area contributed by atoms with Crippen LogP contribution in [0.25, 0.3) is 0 Å². The van der Waals surface area contributed by atoms with Gasteiger partial charge in [-0.25, -0.2) is 0 Å². The average molecular weight is 228 g/mol. The lowest BCUT2D eigenvalue weighted by molar-refractivity contribution is -0.154. The Kier molecular flexibility index (Phi) is 10.4. The fourth-order valence-electron chi connectivity index (χ4n) is 1.13. The van der Waals surface area contributed by atoms with Gasteiger partial charge in [0.15, 0.2) is 12.1 Å². The first kappa shape index (κ1) is 15.3. The van der Waals surface area contributed by atoms with Crippen LogP contribution in [0.5, 0.6) is 0 Å². The zero-order chi connectivity index (χ0) is 12.2. The molecule has 3 heteroatoms. The van der Waals surface area contributed by atoms with E-state index in [0.29, 0.717) is 13.2 Å². The number of carbonyl (C=O) groups excluding carboxylic acids is 1. The zero-order valence-corrected chi connectivity index (χ0v) is 10.5. The Morgan fingerprint density at radius 2 is 1.69 bits per heavy atom. The Labute approximate surface area is 98.8 Å². The van der Waals surface area contributed by atoms with Gasteiger partial charge in [-0.1, -0.05) is 33.3 Å². The van der Waals surface area contributed by atoms with Crippen molar-refractivity contribution in [1.82, 2.24) is 0 Å². The highest BCUT2D eigenvalue weighted by Gasteiger charge is 2.12. The average Bonchev–Trinajstić information content (AvgIpc) is 2.29. The molecule has 94 valence electrons. The molecule has 0 aromatic rings. The Morgan fingerprint density at radius 3 is 2.06 bits per heavy atom. The number of unbranched alkanes of at least 4 members (excludes halogenated alkanes) is 2. The largest absolute Gasteiger partial charge is 0.352 e. The second-order valence-electron chi connectivity index (χ2n) is 3.75. The number of carbonyl (C=O) groups is 1. The summed E-state index contributed by atoms with van der Waals surface area (Å²) >= 11 is 0. The second kappa shape index (κ2) is 10.8. The van der Waals surface area contributed by atoms with Crippen molar-refractivity contribution < 1.29 is 14.3 Å². The van der Waals surface area contributed by atoms with Crippen molar-refractivity contribution >= 4 is 5.78 Å². The van der Waals surface area contributed by atoms with Gasteiger partial charge in [-0.3, -0.25) is 4.79 Å². The van der Waals surface area contributed by atoms with Gasteiger partial charge in [-0.2, -0.15) is 0 Å². The molecule has 0 N–H and O–H groups in total. The van der Waals surface area contributed by atoms with Crippen molar-refractivity contribution in [3.8, 4) is 0 Å². The maximum Gasteiger partial charge on any atom is 0.164 e. The van der Waals surface area contributed by atoms with Crippen LogP contribution in [0.4, 0.5) is 0 Å². The minimum Gasteiger partial charge on any atom is -0.352 e. The standard InChI is InChI=1S/C13H24O3/c1-4-7-9-15-13(11-12(14)6-3)16-10-8-5-2/h6,13H,3-5,7-11H2,1-2H3. The first-order valence-electron chi connectivity index (χ1n) is 6.13. The first-order chi connectivity index (χ1) is 7.74. The predicted octanol–water partition coefficient (Wildman–Crippen LogP) is 3.09. The van der Waals surface area contributed by atoms with Crippen molar-refractivity contribution in [2.75, 3.05) is 13.2 Å². The van der Waals surface area contributed by atoms with E-state index in [1.54, 1.807) is 0 Å². The van der Waals surface area contributed by atoms with E-state index in [2.05, 4.69) is 20.4 Å². The fraction of sp³-hybridized carbons (Fsp3) is 0.769. The molecule has 0 aliphatic rings. The van der Waals surface area contributed by atoms with Crippen LogP contribution < -0.4 is 0 Å². The van der Waals surface area contributed by atoms with E-state index in [-0.39, 0.29) is 12.2 Å². The lowest BCUT2D eigenvalue weighted by Gasteiger charge is -2.17. The highest BCUT2D eigenvalue weighted by atomic mass is 16.7. The molecule has 0 atom stereocenters. The maximum absolute atomic E-state index is 11.2. The van der Waals surface area contributed by atoms with Crippen molar-refractivity contribution in [1.29, 1.82) is 0 Å². The number of allylic oxidation sites excluding steroid dienone is 1. The summed E-state index contributed by atoms with van der Waals surface area (Å²) in [6.45, 7) is 8.95. The third kappa shape index (κ3) is 8.62. The molecular weight excluding hydrogens is 204 g/mol. The Balaban J connectivity index is 3.84. The molecule has 0 heterocycles. The SMILES string of the molecule is C=CC(=O)CC(OCCCC)OCCCC. The minimum atomic E-state index is -0.399. The third-order valence-corrected chi connectivity index (χ3v) is 2.20. The Morgan fingerprint density at radius 1 is 1.19 bits per heavy atom. The normalized spacial score (nSPS) is 10.7. The summed E-state index contributed by atoms with van der Waals surface area (Å²) in [7, 11) is 0. The van der Waals surface area contributed by atoms with Crippen molar-refractivity contribution in [3.05, 3.63) is 12.7 Å². The van der Waals surface area contributed by atoms with Gasteiger partial charge in [0.1, 0.15) is 0 Å². The number of rotatable bonds is 11. The van der Waals surface area contributed by atoms with Crippen molar-refractivity contribution in [3.63, 3.8) is 0 Å². The van der Waals surface area contributed by atoms with Crippen LogP contribution in [0.15, 0.2) is 12.7 Å². The molecule has 3 nitrogen and oxygen atoms in total. The number of hydrogen-bond donors (Lipinski definition) is 0. The molecule has 0 rings (SSSR count). The topological polar surface area (TPSA) is 35.5 Å².